The number of nitrogens with one attached hydrogen (secondary N) is 2. The fourth-order valence-electron chi connectivity index (χ4n) is 1.92. The van der Waals surface area contributed by atoms with E-state index in [1.54, 1.807) is 6.07 Å². The summed E-state index contributed by atoms with van der Waals surface area (Å²) in [4.78, 5) is 3.87. The Kier molecular flexibility index (Phi) is 10.2. The van der Waals surface area contributed by atoms with Gasteiger partial charge in [-0.3, -0.25) is 4.99 Å². The van der Waals surface area contributed by atoms with Gasteiger partial charge in [-0.25, -0.2) is 0 Å². The zero-order valence-corrected chi connectivity index (χ0v) is 15.8. The van der Waals surface area contributed by atoms with Gasteiger partial charge in [-0.15, -0.1) is 24.0 Å². The van der Waals surface area contributed by atoms with Crippen LogP contribution in [-0.2, 0) is 12.7 Å². The minimum atomic E-state index is -4.41. The van der Waals surface area contributed by atoms with Gasteiger partial charge in [0.15, 0.2) is 5.96 Å². The SMILES string of the molecule is CN=C(NCCCCC(F)(F)F)NCc1cccc(C(F)(F)F)c1.I. The van der Waals surface area contributed by atoms with Crippen LogP contribution in [0.3, 0.4) is 0 Å². The molecule has 1 aromatic carbocycles. The highest BCUT2D eigenvalue weighted by Gasteiger charge is 2.30. The van der Waals surface area contributed by atoms with Crippen molar-refractivity contribution in [3.8, 4) is 0 Å². The van der Waals surface area contributed by atoms with E-state index in [-0.39, 0.29) is 36.9 Å². The normalized spacial score (nSPS) is 12.5. The van der Waals surface area contributed by atoms with Crippen molar-refractivity contribution >= 4 is 29.9 Å². The standard InChI is InChI=1S/C15H19F6N3.HI/c1-22-13(23-8-3-2-7-14(16,17)18)24-10-11-5-4-6-12(9-11)15(19,20)21;/h4-6,9H,2-3,7-8,10H2,1H3,(H2,22,23,24);1H. The van der Waals surface area contributed by atoms with Gasteiger partial charge in [0.05, 0.1) is 5.56 Å². The minimum absolute atomic E-state index is 0. The third-order valence-electron chi connectivity index (χ3n) is 3.12. The molecule has 0 fully saturated rings. The summed E-state index contributed by atoms with van der Waals surface area (Å²) in [7, 11) is 1.47. The van der Waals surface area contributed by atoms with Crippen LogP contribution in [0.2, 0.25) is 0 Å². The van der Waals surface area contributed by atoms with E-state index in [1.807, 2.05) is 0 Å². The molecule has 0 spiro atoms. The molecular formula is C15H20F6IN3. The number of benzene rings is 1. The third kappa shape index (κ3) is 10.4. The molecule has 0 amide bonds. The first-order valence-corrected chi connectivity index (χ1v) is 7.29. The molecule has 2 N–H and O–H groups in total. The summed E-state index contributed by atoms with van der Waals surface area (Å²) in [5, 5.41) is 5.64. The van der Waals surface area contributed by atoms with Crippen molar-refractivity contribution in [2.75, 3.05) is 13.6 Å². The summed E-state index contributed by atoms with van der Waals surface area (Å²) in [5.74, 6) is 0.319. The van der Waals surface area contributed by atoms with Crippen LogP contribution in [0, 0.1) is 0 Å². The number of halogens is 7. The molecule has 3 nitrogen and oxygen atoms in total. The molecule has 0 aliphatic rings. The molecule has 0 heterocycles. The van der Waals surface area contributed by atoms with E-state index in [4.69, 9.17) is 0 Å². The van der Waals surface area contributed by atoms with E-state index in [1.165, 1.54) is 13.1 Å². The Morgan fingerprint density at radius 1 is 1.04 bits per heavy atom. The molecule has 1 rings (SSSR count). The summed E-state index contributed by atoms with van der Waals surface area (Å²) in [6.45, 7) is 0.407. The Bertz CT molecular complexity index is 543. The summed E-state index contributed by atoms with van der Waals surface area (Å²) in [6.07, 6.45) is -9.10. The lowest BCUT2D eigenvalue weighted by Gasteiger charge is -2.13. The average Bonchev–Trinajstić information content (AvgIpc) is 2.48. The van der Waals surface area contributed by atoms with E-state index in [2.05, 4.69) is 15.6 Å². The van der Waals surface area contributed by atoms with Crippen molar-refractivity contribution < 1.29 is 26.3 Å². The number of rotatable bonds is 6. The van der Waals surface area contributed by atoms with E-state index in [9.17, 15) is 26.3 Å². The van der Waals surface area contributed by atoms with Crippen molar-refractivity contribution in [3.63, 3.8) is 0 Å². The molecule has 0 atom stereocenters. The topological polar surface area (TPSA) is 36.4 Å². The molecule has 0 aliphatic carbocycles. The predicted molar refractivity (Wildman–Crippen MR) is 95.0 cm³/mol. The van der Waals surface area contributed by atoms with Gasteiger partial charge in [-0.1, -0.05) is 12.1 Å². The van der Waals surface area contributed by atoms with Gasteiger partial charge < -0.3 is 10.6 Å². The van der Waals surface area contributed by atoms with Crippen LogP contribution in [-0.4, -0.2) is 25.7 Å². The summed E-state index contributed by atoms with van der Waals surface area (Å²) in [5.41, 5.74) is -0.318. The minimum Gasteiger partial charge on any atom is -0.356 e. The molecule has 0 saturated carbocycles. The summed E-state index contributed by atoms with van der Waals surface area (Å²) in [6, 6.07) is 4.87. The highest BCUT2D eigenvalue weighted by molar-refractivity contribution is 14.0. The number of hydrogen-bond donors (Lipinski definition) is 2. The second kappa shape index (κ2) is 10.7. The Labute approximate surface area is 159 Å². The Morgan fingerprint density at radius 2 is 1.72 bits per heavy atom. The van der Waals surface area contributed by atoms with E-state index in [0.717, 1.165) is 12.1 Å². The van der Waals surface area contributed by atoms with Crippen LogP contribution < -0.4 is 10.6 Å². The van der Waals surface area contributed by atoms with Crippen LogP contribution in [0.15, 0.2) is 29.3 Å². The molecule has 0 unspecified atom stereocenters. The number of nitrogens with zero attached hydrogens (tertiary/aromatic N) is 1. The highest BCUT2D eigenvalue weighted by atomic mass is 127. The quantitative estimate of drug-likeness (QED) is 0.202. The van der Waals surface area contributed by atoms with E-state index < -0.39 is 24.3 Å². The van der Waals surface area contributed by atoms with Crippen LogP contribution in [0.4, 0.5) is 26.3 Å². The molecule has 0 aliphatic heterocycles. The molecular weight excluding hydrogens is 463 g/mol. The number of aliphatic imine (C=N–C) groups is 1. The third-order valence-corrected chi connectivity index (χ3v) is 3.12. The molecule has 1 aromatic rings. The highest BCUT2D eigenvalue weighted by Crippen LogP contribution is 2.29. The smallest absolute Gasteiger partial charge is 0.356 e. The number of alkyl halides is 6. The van der Waals surface area contributed by atoms with Crippen LogP contribution in [0.1, 0.15) is 30.4 Å². The molecule has 25 heavy (non-hydrogen) atoms. The average molecular weight is 483 g/mol. The van der Waals surface area contributed by atoms with Crippen molar-refractivity contribution in [1.82, 2.24) is 10.6 Å². The molecule has 10 heteroatoms. The van der Waals surface area contributed by atoms with Crippen molar-refractivity contribution in [2.24, 2.45) is 4.99 Å². The van der Waals surface area contributed by atoms with Gasteiger partial charge in [0.2, 0.25) is 0 Å². The van der Waals surface area contributed by atoms with Crippen molar-refractivity contribution in [1.29, 1.82) is 0 Å². The van der Waals surface area contributed by atoms with Crippen LogP contribution in [0.25, 0.3) is 0 Å². The van der Waals surface area contributed by atoms with Crippen molar-refractivity contribution in [3.05, 3.63) is 35.4 Å². The van der Waals surface area contributed by atoms with E-state index in [0.29, 0.717) is 24.5 Å². The Hall–Kier alpha value is -1.20. The van der Waals surface area contributed by atoms with Crippen LogP contribution >= 0.6 is 24.0 Å². The Balaban J connectivity index is 0.00000576. The number of unbranched alkanes of at least 4 members (excludes halogenated alkanes) is 1. The van der Waals surface area contributed by atoms with Crippen LogP contribution in [0.5, 0.6) is 0 Å². The second-order valence-corrected chi connectivity index (χ2v) is 5.12. The van der Waals surface area contributed by atoms with Gasteiger partial charge in [0.25, 0.3) is 0 Å². The lowest BCUT2D eigenvalue weighted by atomic mass is 10.1. The van der Waals surface area contributed by atoms with Gasteiger partial charge in [-0.2, -0.15) is 26.3 Å². The van der Waals surface area contributed by atoms with Gasteiger partial charge in [-0.05, 0) is 30.5 Å². The zero-order valence-electron chi connectivity index (χ0n) is 13.5. The maximum Gasteiger partial charge on any atom is 0.416 e. The molecule has 0 radical (unpaired) electrons. The Morgan fingerprint density at radius 3 is 2.28 bits per heavy atom. The molecule has 0 bridgehead atoms. The lowest BCUT2D eigenvalue weighted by molar-refractivity contribution is -0.137. The maximum absolute atomic E-state index is 12.6. The first kappa shape index (κ1) is 23.8. The largest absolute Gasteiger partial charge is 0.416 e. The fourth-order valence-corrected chi connectivity index (χ4v) is 1.92. The van der Waals surface area contributed by atoms with Gasteiger partial charge >= 0.3 is 12.4 Å². The molecule has 144 valence electrons. The summed E-state index contributed by atoms with van der Waals surface area (Å²) >= 11 is 0. The maximum atomic E-state index is 12.6. The van der Waals surface area contributed by atoms with E-state index >= 15 is 0 Å². The fraction of sp³-hybridized carbons (Fsp3) is 0.533. The monoisotopic (exact) mass is 483 g/mol. The predicted octanol–water partition coefficient (Wildman–Crippen LogP) is 4.72. The summed E-state index contributed by atoms with van der Waals surface area (Å²) < 4.78 is 73.8. The molecule has 0 aromatic heterocycles. The van der Waals surface area contributed by atoms with Gasteiger partial charge in [0, 0.05) is 26.6 Å². The number of guanidine groups is 1. The van der Waals surface area contributed by atoms with Gasteiger partial charge in [0.1, 0.15) is 0 Å². The zero-order chi connectivity index (χ0) is 18.2. The molecule has 0 saturated heterocycles. The lowest BCUT2D eigenvalue weighted by Crippen LogP contribution is -2.37. The van der Waals surface area contributed by atoms with Crippen molar-refractivity contribution in [2.45, 2.75) is 38.2 Å². The first-order chi connectivity index (χ1) is 11.1. The second-order valence-electron chi connectivity index (χ2n) is 5.12. The first-order valence-electron chi connectivity index (χ1n) is 7.29. The number of hydrogen-bond acceptors (Lipinski definition) is 1.